The number of carbonyl (C=O) groups is 2. The van der Waals surface area contributed by atoms with Crippen molar-refractivity contribution in [2.24, 2.45) is 35.5 Å². The van der Waals surface area contributed by atoms with Gasteiger partial charge < -0.3 is 38.3 Å². The van der Waals surface area contributed by atoms with Gasteiger partial charge in [-0.05, 0) is 220 Å². The number of benzene rings is 6. The average Bonchev–Trinajstić information content (AvgIpc) is 4.44. The van der Waals surface area contributed by atoms with Crippen LogP contribution in [-0.2, 0) is 49.4 Å². The molecule has 10 nitrogen and oxygen atoms in total. The van der Waals surface area contributed by atoms with Crippen LogP contribution in [0.3, 0.4) is 0 Å². The maximum Gasteiger partial charge on any atom is 0.338 e. The minimum Gasteiger partial charge on any atom is -0.496 e. The minimum absolute atomic E-state index is 0.0634. The first-order valence-corrected chi connectivity index (χ1v) is 29.7. The highest BCUT2D eigenvalue weighted by Crippen LogP contribution is 2.51. The molecular weight excluding hydrogens is 1000 g/mol. The van der Waals surface area contributed by atoms with Crippen LogP contribution in [-0.4, -0.2) is 82.3 Å². The van der Waals surface area contributed by atoms with Gasteiger partial charge in [0.1, 0.15) is 23.7 Å². The van der Waals surface area contributed by atoms with Crippen molar-refractivity contribution >= 4 is 11.9 Å². The summed E-state index contributed by atoms with van der Waals surface area (Å²) < 4.78 is 40.7. The molecule has 2 aliphatic heterocycles. The van der Waals surface area contributed by atoms with Crippen LogP contribution in [0.4, 0.5) is 0 Å². The van der Waals surface area contributed by atoms with E-state index in [2.05, 4.69) is 61.5 Å². The summed E-state index contributed by atoms with van der Waals surface area (Å²) in [6.45, 7) is 4.75. The van der Waals surface area contributed by atoms with Gasteiger partial charge in [-0.2, -0.15) is 0 Å². The zero-order chi connectivity index (χ0) is 55.2. The van der Waals surface area contributed by atoms with Crippen molar-refractivity contribution in [3.05, 3.63) is 179 Å². The molecule has 422 valence electrons. The number of aliphatic hydroxyl groups excluding tert-OH is 1. The monoisotopic (exact) mass is 1080 g/mol. The van der Waals surface area contributed by atoms with Gasteiger partial charge in [0, 0.05) is 26.4 Å². The Morgan fingerprint density at radius 1 is 0.525 bits per heavy atom. The molecule has 2 heterocycles. The molecule has 10 heteroatoms. The predicted molar refractivity (Wildman–Crippen MR) is 313 cm³/mol. The Hall–Kier alpha value is -6.30. The molecule has 2 saturated carbocycles. The Bertz CT molecular complexity index is 2890. The third kappa shape index (κ3) is 14.1. The van der Waals surface area contributed by atoms with Gasteiger partial charge in [-0.25, -0.2) is 9.59 Å². The first kappa shape index (κ1) is 57.0. The van der Waals surface area contributed by atoms with Crippen LogP contribution in [0.25, 0.3) is 22.3 Å². The highest BCUT2D eigenvalue weighted by molar-refractivity contribution is 5.91. The van der Waals surface area contributed by atoms with Gasteiger partial charge in [-0.15, -0.1) is 0 Å². The SMILES string of the molecule is CC1CCCO1.COc1cccc2c1CC1C[C@@H](OC(=O)c3ccc(-c4ccccc4)cc3)[C@H](CCCO)[C@H]1C2.COc1cccc2c1CC1C[C@@H](OC(=O)c3ccc(-c4ccccc4)cc3)[C@H](CCCOC3CCCCO3)[C@H]1C2. The fourth-order valence-electron chi connectivity index (χ4n) is 13.9. The highest BCUT2D eigenvalue weighted by atomic mass is 16.7. The summed E-state index contributed by atoms with van der Waals surface area (Å²) in [5, 5.41) is 9.49. The smallest absolute Gasteiger partial charge is 0.338 e. The fraction of sp³-hybridized carbons (Fsp3) is 0.457. The second kappa shape index (κ2) is 27.9. The molecule has 2 saturated heterocycles. The molecule has 6 aliphatic rings. The largest absolute Gasteiger partial charge is 0.496 e. The number of esters is 2. The van der Waals surface area contributed by atoms with E-state index in [1.165, 1.54) is 41.5 Å². The quantitative estimate of drug-likeness (QED) is 0.0741. The third-order valence-electron chi connectivity index (χ3n) is 18.0. The summed E-state index contributed by atoms with van der Waals surface area (Å²) in [5.74, 6) is 3.93. The van der Waals surface area contributed by atoms with Crippen LogP contribution < -0.4 is 9.47 Å². The summed E-state index contributed by atoms with van der Waals surface area (Å²) >= 11 is 0. The summed E-state index contributed by atoms with van der Waals surface area (Å²) in [5.41, 5.74) is 11.0. The standard InChI is InChI=1S/C35H40O5.C30H32O4.C5H10O/c1-37-32-13-7-11-27-21-30-28(22-31(27)32)23-33(29(30)12-8-20-39-34-14-5-6-19-38-34)40-35(36)26-17-15-25(16-18-26)24-9-3-2-4-10-24;1-33-28-11-5-9-23-17-26-24(18-27(23)28)19-29(25(26)10-6-16-31)34-30(32)22-14-12-21(13-15-22)20-7-3-2-4-8-20;1-5-3-2-4-6-5/h2-4,7,9-11,13,15-18,28-30,33-34H,5-6,8,12,14,19-23H2,1H3;2-5,7-9,11-15,24-26,29,31H,6,10,16-19H2,1H3;5H,2-4H2,1H3/t28?,29-,30+,33-,34?;24?,25-,26+,29-;/m11./s1. The van der Waals surface area contributed by atoms with E-state index in [1.54, 1.807) is 14.2 Å². The molecule has 4 aliphatic carbocycles. The first-order chi connectivity index (χ1) is 39.3. The zero-order valence-corrected chi connectivity index (χ0v) is 47.2. The lowest BCUT2D eigenvalue weighted by Gasteiger charge is -2.32. The van der Waals surface area contributed by atoms with E-state index in [0.29, 0.717) is 53.4 Å². The van der Waals surface area contributed by atoms with E-state index in [9.17, 15) is 14.7 Å². The maximum atomic E-state index is 13.4. The van der Waals surface area contributed by atoms with Crippen molar-refractivity contribution < 1.29 is 47.9 Å². The van der Waals surface area contributed by atoms with Gasteiger partial charge in [0.05, 0.1) is 31.5 Å². The second-order valence-electron chi connectivity index (χ2n) is 22.9. The molecule has 0 spiro atoms. The Morgan fingerprint density at radius 2 is 1.01 bits per heavy atom. The molecule has 4 fully saturated rings. The Morgan fingerprint density at radius 3 is 1.44 bits per heavy atom. The molecule has 1 N–H and O–H groups in total. The van der Waals surface area contributed by atoms with Crippen LogP contribution in [0, 0.1) is 35.5 Å². The van der Waals surface area contributed by atoms with E-state index in [0.717, 1.165) is 124 Å². The van der Waals surface area contributed by atoms with Crippen LogP contribution in [0.1, 0.15) is 121 Å². The molecular formula is C70H82O10. The summed E-state index contributed by atoms with van der Waals surface area (Å²) in [4.78, 5) is 26.5. The number of rotatable bonds is 16. The predicted octanol–water partition coefficient (Wildman–Crippen LogP) is 14.2. The second-order valence-corrected chi connectivity index (χ2v) is 22.9. The van der Waals surface area contributed by atoms with Gasteiger partial charge in [-0.1, -0.05) is 109 Å². The first-order valence-electron chi connectivity index (χ1n) is 29.7. The number of fused-ring (bicyclic) bond motifs is 4. The Kier molecular flexibility index (Phi) is 19.9. The summed E-state index contributed by atoms with van der Waals surface area (Å²) in [6, 6.07) is 48.5. The van der Waals surface area contributed by atoms with Crippen LogP contribution in [0.5, 0.6) is 11.5 Å². The van der Waals surface area contributed by atoms with E-state index >= 15 is 0 Å². The maximum absolute atomic E-state index is 13.4. The van der Waals surface area contributed by atoms with E-state index in [-0.39, 0.29) is 43.0 Å². The van der Waals surface area contributed by atoms with Crippen molar-refractivity contribution in [3.8, 4) is 33.8 Å². The highest BCUT2D eigenvalue weighted by Gasteiger charge is 2.48. The number of aliphatic hydroxyl groups is 1. The lowest BCUT2D eigenvalue weighted by molar-refractivity contribution is -0.163. The number of ether oxygens (including phenoxy) is 7. The fourth-order valence-corrected chi connectivity index (χ4v) is 13.9. The van der Waals surface area contributed by atoms with E-state index in [4.69, 9.17) is 33.2 Å². The van der Waals surface area contributed by atoms with Crippen molar-refractivity contribution in [2.45, 2.75) is 128 Å². The zero-order valence-electron chi connectivity index (χ0n) is 47.2. The van der Waals surface area contributed by atoms with Gasteiger partial charge in [-0.3, -0.25) is 0 Å². The average molecular weight is 1080 g/mol. The molecule has 0 radical (unpaired) electrons. The lowest BCUT2D eigenvalue weighted by atomic mass is 9.73. The number of carbonyl (C=O) groups excluding carboxylic acids is 2. The van der Waals surface area contributed by atoms with Gasteiger partial charge >= 0.3 is 11.9 Å². The Labute approximate surface area is 474 Å². The van der Waals surface area contributed by atoms with Crippen LogP contribution in [0.2, 0.25) is 0 Å². The van der Waals surface area contributed by atoms with Gasteiger partial charge in [0.15, 0.2) is 6.29 Å². The van der Waals surface area contributed by atoms with Crippen molar-refractivity contribution in [1.29, 1.82) is 0 Å². The van der Waals surface area contributed by atoms with Crippen molar-refractivity contribution in [3.63, 3.8) is 0 Å². The molecule has 0 aromatic heterocycles. The van der Waals surface area contributed by atoms with E-state index < -0.39 is 0 Å². The van der Waals surface area contributed by atoms with Crippen molar-refractivity contribution in [1.82, 2.24) is 0 Å². The third-order valence-corrected chi connectivity index (χ3v) is 18.0. The van der Waals surface area contributed by atoms with Crippen molar-refractivity contribution in [2.75, 3.05) is 40.6 Å². The lowest BCUT2D eigenvalue weighted by Crippen LogP contribution is -2.29. The molecule has 0 amide bonds. The molecule has 4 unspecified atom stereocenters. The van der Waals surface area contributed by atoms with Gasteiger partial charge in [0.2, 0.25) is 0 Å². The number of hydrogen-bond donors (Lipinski definition) is 1. The topological polar surface area (TPSA) is 119 Å². The molecule has 0 bridgehead atoms. The molecule has 10 atom stereocenters. The molecule has 12 rings (SSSR count). The van der Waals surface area contributed by atoms with Crippen LogP contribution >= 0.6 is 0 Å². The Balaban J connectivity index is 0.000000164. The van der Waals surface area contributed by atoms with E-state index in [1.807, 2.05) is 91.0 Å². The molecule has 6 aromatic carbocycles. The summed E-state index contributed by atoms with van der Waals surface area (Å²) in [6.07, 6.45) is 15.3. The normalized spacial score (nSPS) is 25.2. The summed E-state index contributed by atoms with van der Waals surface area (Å²) in [7, 11) is 3.48. The van der Waals surface area contributed by atoms with Crippen LogP contribution in [0.15, 0.2) is 146 Å². The number of methoxy groups -OCH3 is 2. The van der Waals surface area contributed by atoms with Gasteiger partial charge in [0.25, 0.3) is 0 Å². The molecule has 6 aromatic rings. The molecule has 80 heavy (non-hydrogen) atoms. The minimum atomic E-state index is -0.257. The number of hydrogen-bond acceptors (Lipinski definition) is 10.